The molecule has 1 aromatic heterocycles. The van der Waals surface area contributed by atoms with Gasteiger partial charge in [0.05, 0.1) is 27.9 Å². The Morgan fingerprint density at radius 1 is 1.00 bits per heavy atom. The second-order valence-electron chi connectivity index (χ2n) is 7.10. The molecule has 0 amide bonds. The molecule has 0 fully saturated rings. The van der Waals surface area contributed by atoms with Gasteiger partial charge in [-0.1, -0.05) is 0 Å². The number of aromatic nitrogens is 2. The molecule has 0 atom stereocenters. The fourth-order valence-electron chi connectivity index (χ4n) is 3.21. The van der Waals surface area contributed by atoms with Crippen LogP contribution in [-0.4, -0.2) is 46.6 Å². The van der Waals surface area contributed by atoms with Gasteiger partial charge in [-0.15, -0.1) is 4.99 Å². The van der Waals surface area contributed by atoms with Gasteiger partial charge in [0.2, 0.25) is 5.75 Å². The van der Waals surface area contributed by atoms with E-state index in [0.29, 0.717) is 23.8 Å². The van der Waals surface area contributed by atoms with Crippen molar-refractivity contribution in [1.82, 2.24) is 4.98 Å². The number of imidazole rings is 1. The van der Waals surface area contributed by atoms with E-state index in [2.05, 4.69) is 38.7 Å². The summed E-state index contributed by atoms with van der Waals surface area (Å²) in [7, 11) is 8.89. The molecule has 0 unspecified atom stereocenters. The van der Waals surface area contributed by atoms with E-state index in [1.807, 2.05) is 45.6 Å². The zero-order valence-corrected chi connectivity index (χ0v) is 18.4. The predicted molar refractivity (Wildman–Crippen MR) is 119 cm³/mol. The van der Waals surface area contributed by atoms with Gasteiger partial charge in [0.15, 0.2) is 17.3 Å². The lowest BCUT2D eigenvalue weighted by Gasteiger charge is -2.14. The van der Waals surface area contributed by atoms with Crippen LogP contribution in [0.15, 0.2) is 47.6 Å². The summed E-state index contributed by atoms with van der Waals surface area (Å²) in [6.07, 6.45) is 3.77. The third kappa shape index (κ3) is 4.56. The fourth-order valence-corrected chi connectivity index (χ4v) is 3.21. The zero-order chi connectivity index (χ0) is 21.7. The molecule has 2 aromatic carbocycles. The highest BCUT2D eigenvalue weighted by atomic mass is 16.5. The first kappa shape index (κ1) is 21.2. The minimum absolute atomic E-state index is 0.582. The van der Waals surface area contributed by atoms with E-state index in [4.69, 9.17) is 19.2 Å². The van der Waals surface area contributed by atoms with Crippen molar-refractivity contribution in [3.63, 3.8) is 0 Å². The molecule has 3 rings (SSSR count). The molecule has 30 heavy (non-hydrogen) atoms. The molecule has 0 saturated heterocycles. The number of nitrogens with one attached hydrogen (secondary N) is 1. The Balaban J connectivity index is 1.88. The van der Waals surface area contributed by atoms with Crippen LogP contribution in [0.4, 0.5) is 11.5 Å². The number of methoxy groups -OCH3 is 3. The van der Waals surface area contributed by atoms with Gasteiger partial charge in [0, 0.05) is 32.3 Å². The molecular weight excluding hydrogens is 380 g/mol. The number of aryl methyl sites for hydroxylation is 1. The van der Waals surface area contributed by atoms with E-state index in [9.17, 15) is 0 Å². The van der Waals surface area contributed by atoms with Crippen molar-refractivity contribution >= 4 is 17.7 Å². The van der Waals surface area contributed by atoms with Gasteiger partial charge in [-0.05, 0) is 42.0 Å². The van der Waals surface area contributed by atoms with E-state index >= 15 is 0 Å². The van der Waals surface area contributed by atoms with E-state index in [1.165, 1.54) is 0 Å². The smallest absolute Gasteiger partial charge is 0.294 e. The van der Waals surface area contributed by atoms with Crippen LogP contribution in [0.3, 0.4) is 0 Å². The van der Waals surface area contributed by atoms with Gasteiger partial charge in [0.25, 0.3) is 5.82 Å². The number of rotatable bonds is 8. The first-order chi connectivity index (χ1) is 14.5. The lowest BCUT2D eigenvalue weighted by Crippen LogP contribution is -2.35. The van der Waals surface area contributed by atoms with Crippen LogP contribution in [0, 0.1) is 6.92 Å². The van der Waals surface area contributed by atoms with Crippen molar-refractivity contribution < 1.29 is 18.8 Å². The Morgan fingerprint density at radius 2 is 1.63 bits per heavy atom. The highest BCUT2D eigenvalue weighted by Crippen LogP contribution is 2.38. The Labute approximate surface area is 177 Å². The number of hydrogen-bond donors (Lipinski definition) is 1. The van der Waals surface area contributed by atoms with Crippen molar-refractivity contribution in [3.05, 3.63) is 59.5 Å². The van der Waals surface area contributed by atoms with Crippen molar-refractivity contribution in [3.8, 4) is 17.2 Å². The predicted octanol–water partition coefficient (Wildman–Crippen LogP) is 3.50. The first-order valence-corrected chi connectivity index (χ1v) is 9.65. The van der Waals surface area contributed by atoms with Crippen LogP contribution < -0.4 is 23.7 Å². The topological polar surface area (TPSA) is 63.0 Å². The summed E-state index contributed by atoms with van der Waals surface area (Å²) in [5, 5.41) is 0. The van der Waals surface area contributed by atoms with Gasteiger partial charge >= 0.3 is 0 Å². The summed E-state index contributed by atoms with van der Waals surface area (Å²) in [6.45, 7) is 2.63. The summed E-state index contributed by atoms with van der Waals surface area (Å²) >= 11 is 0. The van der Waals surface area contributed by atoms with Crippen LogP contribution in [0.2, 0.25) is 0 Å². The second-order valence-corrected chi connectivity index (χ2v) is 7.10. The average Bonchev–Trinajstić information content (AvgIpc) is 3.10. The maximum absolute atomic E-state index is 5.48. The standard InChI is InChI=1S/C23H28N4O3/c1-16-24-14-22(25-13-17-7-9-19(10-8-17)26(2)3)27(16)15-18-11-20(28-4)23(30-6)21(12-18)29-5/h7-14H,15H2,1-6H3/p+1. The molecule has 0 bridgehead atoms. The van der Waals surface area contributed by atoms with Gasteiger partial charge in [-0.3, -0.25) is 4.98 Å². The lowest BCUT2D eigenvalue weighted by atomic mass is 10.1. The number of benzene rings is 2. The van der Waals surface area contributed by atoms with Gasteiger partial charge in [0.1, 0.15) is 12.4 Å². The molecular formula is C23H29N4O3+. The third-order valence-corrected chi connectivity index (χ3v) is 4.91. The number of nitrogens with zero attached hydrogens (tertiary/aromatic N) is 3. The SMILES string of the molecule is COc1cc(C[n+]2c(N=Cc3ccc(N(C)C)cc3)c[nH]c2C)cc(OC)c1OC. The number of aromatic amines is 1. The summed E-state index contributed by atoms with van der Waals surface area (Å²) < 4.78 is 18.5. The highest BCUT2D eigenvalue weighted by molar-refractivity contribution is 5.81. The van der Waals surface area contributed by atoms with Crippen molar-refractivity contribution in [2.75, 3.05) is 40.3 Å². The van der Waals surface area contributed by atoms with E-state index in [0.717, 1.165) is 28.5 Å². The lowest BCUT2D eigenvalue weighted by molar-refractivity contribution is -0.680. The average molecular weight is 410 g/mol. The maximum Gasteiger partial charge on any atom is 0.294 e. The quantitative estimate of drug-likeness (QED) is 0.457. The first-order valence-electron chi connectivity index (χ1n) is 9.65. The molecule has 7 heteroatoms. The minimum atomic E-state index is 0.582. The number of H-pyrrole nitrogens is 1. The summed E-state index contributed by atoms with van der Waals surface area (Å²) in [5.41, 5.74) is 3.21. The largest absolute Gasteiger partial charge is 0.493 e. The molecule has 0 spiro atoms. The zero-order valence-electron chi connectivity index (χ0n) is 18.4. The fraction of sp³-hybridized carbons (Fsp3) is 0.304. The normalized spacial score (nSPS) is 11.0. The van der Waals surface area contributed by atoms with Gasteiger partial charge in [-0.2, -0.15) is 0 Å². The van der Waals surface area contributed by atoms with Gasteiger partial charge < -0.3 is 19.1 Å². The van der Waals surface area contributed by atoms with Crippen LogP contribution in [0.5, 0.6) is 17.2 Å². The van der Waals surface area contributed by atoms with Gasteiger partial charge in [-0.25, -0.2) is 4.57 Å². The summed E-state index contributed by atoms with van der Waals surface area (Å²) in [4.78, 5) is 10.0. The minimum Gasteiger partial charge on any atom is -0.493 e. The van der Waals surface area contributed by atoms with Crippen LogP contribution >= 0.6 is 0 Å². The van der Waals surface area contributed by atoms with Crippen LogP contribution in [-0.2, 0) is 6.54 Å². The van der Waals surface area contributed by atoms with E-state index in [1.54, 1.807) is 21.3 Å². The molecule has 158 valence electrons. The number of anilines is 1. The number of ether oxygens (including phenoxy) is 3. The molecule has 1 N–H and O–H groups in total. The Hall–Kier alpha value is -3.48. The van der Waals surface area contributed by atoms with E-state index in [-0.39, 0.29) is 0 Å². The van der Waals surface area contributed by atoms with Crippen molar-refractivity contribution in [2.24, 2.45) is 4.99 Å². The summed E-state index contributed by atoms with van der Waals surface area (Å²) in [5.74, 6) is 3.68. The Kier molecular flexibility index (Phi) is 6.61. The molecule has 0 aliphatic heterocycles. The Bertz CT molecular complexity index is 998. The van der Waals surface area contributed by atoms with Crippen molar-refractivity contribution in [2.45, 2.75) is 13.5 Å². The third-order valence-electron chi connectivity index (χ3n) is 4.91. The number of hydrogen-bond acceptors (Lipinski definition) is 5. The molecule has 0 aliphatic carbocycles. The molecule has 0 saturated carbocycles. The second kappa shape index (κ2) is 9.35. The Morgan fingerprint density at radius 3 is 2.17 bits per heavy atom. The monoisotopic (exact) mass is 409 g/mol. The van der Waals surface area contributed by atoms with Crippen LogP contribution in [0.1, 0.15) is 17.0 Å². The van der Waals surface area contributed by atoms with Crippen LogP contribution in [0.25, 0.3) is 0 Å². The van der Waals surface area contributed by atoms with Crippen molar-refractivity contribution in [1.29, 1.82) is 0 Å². The molecule has 7 nitrogen and oxygen atoms in total. The molecule has 0 radical (unpaired) electrons. The number of aliphatic imine (C=N–C) groups is 1. The summed E-state index contributed by atoms with van der Waals surface area (Å²) in [6, 6.07) is 12.2. The molecule has 1 heterocycles. The maximum atomic E-state index is 5.48. The highest BCUT2D eigenvalue weighted by Gasteiger charge is 2.18. The molecule has 3 aromatic rings. The molecule has 0 aliphatic rings. The van der Waals surface area contributed by atoms with E-state index < -0.39 is 0 Å².